The molecule has 0 saturated carbocycles. The number of hydrogen-bond acceptors (Lipinski definition) is 5. The van der Waals surface area contributed by atoms with E-state index in [0.717, 1.165) is 16.9 Å². The second-order valence-corrected chi connectivity index (χ2v) is 7.36. The van der Waals surface area contributed by atoms with E-state index in [1.54, 1.807) is 12.1 Å². The van der Waals surface area contributed by atoms with Crippen molar-refractivity contribution in [2.45, 2.75) is 11.8 Å². The molecule has 0 aliphatic heterocycles. The lowest BCUT2D eigenvalue weighted by Gasteiger charge is -2.05. The van der Waals surface area contributed by atoms with E-state index < -0.39 is 22.0 Å². The van der Waals surface area contributed by atoms with E-state index in [-0.39, 0.29) is 20.5 Å². The number of carbonyl (C=O) groups is 2. The first kappa shape index (κ1) is 16.8. The number of nitrogens with two attached hydrogens (primary N) is 2. The van der Waals surface area contributed by atoms with Crippen LogP contribution in [-0.4, -0.2) is 20.4 Å². The number of benzene rings is 1. The van der Waals surface area contributed by atoms with Gasteiger partial charge in [-0.05, 0) is 25.1 Å². The maximum absolute atomic E-state index is 12.3. The highest BCUT2D eigenvalue weighted by molar-refractivity contribution is 7.93. The summed E-state index contributed by atoms with van der Waals surface area (Å²) in [6.45, 7) is 1.84. The summed E-state index contributed by atoms with van der Waals surface area (Å²) in [6, 6.07) is 6.60. The van der Waals surface area contributed by atoms with Gasteiger partial charge in [0.25, 0.3) is 15.9 Å². The van der Waals surface area contributed by atoms with Crippen molar-refractivity contribution in [1.82, 2.24) is 0 Å². The molecular formula is C13H14N4O4S2. The molecule has 8 nitrogen and oxygen atoms in total. The molecule has 0 bridgehead atoms. The topological polar surface area (TPSA) is 144 Å². The summed E-state index contributed by atoms with van der Waals surface area (Å²) in [5, 5.41) is 2.43. The molecule has 2 aromatic rings. The van der Waals surface area contributed by atoms with Gasteiger partial charge in [0.2, 0.25) is 0 Å². The third kappa shape index (κ3) is 3.99. The molecule has 6 N–H and O–H groups in total. The Kier molecular flexibility index (Phi) is 4.57. The highest BCUT2D eigenvalue weighted by atomic mass is 32.2. The summed E-state index contributed by atoms with van der Waals surface area (Å²) < 4.78 is 26.9. The van der Waals surface area contributed by atoms with E-state index in [4.69, 9.17) is 11.5 Å². The first-order valence-corrected chi connectivity index (χ1v) is 8.58. The first-order valence-electron chi connectivity index (χ1n) is 6.28. The van der Waals surface area contributed by atoms with Gasteiger partial charge < -0.3 is 11.5 Å². The summed E-state index contributed by atoms with van der Waals surface area (Å²) >= 11 is 0.838. The summed E-state index contributed by atoms with van der Waals surface area (Å²) in [7, 11) is -3.82. The van der Waals surface area contributed by atoms with Crippen LogP contribution in [0.1, 0.15) is 15.9 Å². The van der Waals surface area contributed by atoms with Crippen molar-refractivity contribution in [2.24, 2.45) is 11.5 Å². The average molecular weight is 354 g/mol. The Morgan fingerprint density at radius 2 is 1.74 bits per heavy atom. The monoisotopic (exact) mass is 354 g/mol. The standard InChI is InChI=1S/C13H14N4O4S2/c1-7-2-4-8(5-3-7)23(20,21)17-10-6-9(11(14)18)12(22-10)16-13(15)19/h2-6,17H,1H3,(H2,14,18)(H3,15,16,19). The summed E-state index contributed by atoms with van der Waals surface area (Å²) in [4.78, 5) is 22.3. The predicted octanol–water partition coefficient (Wildman–Crippen LogP) is 1.45. The number of thiophene rings is 1. The van der Waals surface area contributed by atoms with Gasteiger partial charge in [0.05, 0.1) is 10.5 Å². The van der Waals surface area contributed by atoms with E-state index in [2.05, 4.69) is 10.0 Å². The number of amides is 3. The van der Waals surface area contributed by atoms with Gasteiger partial charge in [-0.25, -0.2) is 13.2 Å². The zero-order valence-corrected chi connectivity index (χ0v) is 13.6. The molecule has 2 rings (SSSR count). The normalized spacial score (nSPS) is 11.0. The molecule has 0 atom stereocenters. The molecule has 0 aliphatic carbocycles. The minimum atomic E-state index is -3.82. The Bertz CT molecular complexity index is 857. The number of rotatable bonds is 5. The molecule has 1 heterocycles. The second kappa shape index (κ2) is 6.26. The lowest BCUT2D eigenvalue weighted by atomic mass is 10.2. The number of hydrogen-bond donors (Lipinski definition) is 4. The van der Waals surface area contributed by atoms with Crippen molar-refractivity contribution < 1.29 is 18.0 Å². The molecule has 0 aliphatic rings. The Labute approximate surface area is 136 Å². The highest BCUT2D eigenvalue weighted by Gasteiger charge is 2.19. The maximum atomic E-state index is 12.3. The van der Waals surface area contributed by atoms with Crippen LogP contribution < -0.4 is 21.5 Å². The van der Waals surface area contributed by atoms with E-state index in [1.165, 1.54) is 18.2 Å². The quantitative estimate of drug-likeness (QED) is 0.644. The minimum absolute atomic E-state index is 0.0320. The third-order valence-electron chi connectivity index (χ3n) is 2.80. The minimum Gasteiger partial charge on any atom is -0.366 e. The van der Waals surface area contributed by atoms with Gasteiger partial charge in [0.15, 0.2) is 0 Å². The number of nitrogens with one attached hydrogen (secondary N) is 2. The SMILES string of the molecule is Cc1ccc(S(=O)(=O)Nc2cc(C(N)=O)c(NC(N)=O)s2)cc1. The smallest absolute Gasteiger partial charge is 0.317 e. The third-order valence-corrected chi connectivity index (χ3v) is 5.28. The Balaban J connectivity index is 2.34. The fourth-order valence-corrected chi connectivity index (χ4v) is 3.99. The fourth-order valence-electron chi connectivity index (χ4n) is 1.74. The summed E-state index contributed by atoms with van der Waals surface area (Å²) in [5.41, 5.74) is 11.1. The Morgan fingerprint density at radius 3 is 2.26 bits per heavy atom. The molecule has 23 heavy (non-hydrogen) atoms. The molecule has 0 fully saturated rings. The van der Waals surface area contributed by atoms with Crippen LogP contribution in [0, 0.1) is 6.92 Å². The van der Waals surface area contributed by atoms with Crippen molar-refractivity contribution in [3.05, 3.63) is 41.5 Å². The van der Waals surface area contributed by atoms with Gasteiger partial charge in [0.1, 0.15) is 10.0 Å². The number of urea groups is 1. The number of primary amides is 2. The Morgan fingerprint density at radius 1 is 1.13 bits per heavy atom. The average Bonchev–Trinajstić information content (AvgIpc) is 2.80. The van der Waals surface area contributed by atoms with Crippen LogP contribution in [0.15, 0.2) is 35.2 Å². The van der Waals surface area contributed by atoms with Crippen LogP contribution in [0.5, 0.6) is 0 Å². The van der Waals surface area contributed by atoms with Crippen molar-refractivity contribution in [3.63, 3.8) is 0 Å². The van der Waals surface area contributed by atoms with Gasteiger partial charge in [-0.15, -0.1) is 0 Å². The van der Waals surface area contributed by atoms with Crippen molar-refractivity contribution in [3.8, 4) is 0 Å². The maximum Gasteiger partial charge on any atom is 0.317 e. The zero-order chi connectivity index (χ0) is 17.2. The van der Waals surface area contributed by atoms with Crippen LogP contribution in [-0.2, 0) is 10.0 Å². The molecule has 0 unspecified atom stereocenters. The lowest BCUT2D eigenvalue weighted by molar-refractivity contribution is 0.100. The molecule has 10 heteroatoms. The fraction of sp³-hybridized carbons (Fsp3) is 0.0769. The van der Waals surface area contributed by atoms with Crippen molar-refractivity contribution >= 4 is 43.3 Å². The van der Waals surface area contributed by atoms with Crippen molar-refractivity contribution in [1.29, 1.82) is 0 Å². The van der Waals surface area contributed by atoms with Crippen molar-refractivity contribution in [2.75, 3.05) is 10.0 Å². The van der Waals surface area contributed by atoms with E-state index in [0.29, 0.717) is 0 Å². The van der Waals surface area contributed by atoms with E-state index >= 15 is 0 Å². The molecule has 1 aromatic heterocycles. The number of aryl methyl sites for hydroxylation is 1. The second-order valence-electron chi connectivity index (χ2n) is 4.63. The van der Waals surface area contributed by atoms with Gasteiger partial charge in [-0.2, -0.15) is 0 Å². The van der Waals surface area contributed by atoms with Gasteiger partial charge in [-0.1, -0.05) is 29.0 Å². The number of carbonyl (C=O) groups excluding carboxylic acids is 2. The largest absolute Gasteiger partial charge is 0.366 e. The van der Waals surface area contributed by atoms with Crippen LogP contribution in [0.4, 0.5) is 14.8 Å². The van der Waals surface area contributed by atoms with Gasteiger partial charge in [-0.3, -0.25) is 14.8 Å². The van der Waals surface area contributed by atoms with E-state index in [1.807, 2.05) is 6.92 Å². The molecule has 3 amide bonds. The molecular weight excluding hydrogens is 340 g/mol. The first-order chi connectivity index (χ1) is 10.7. The van der Waals surface area contributed by atoms with Crippen LogP contribution in [0.2, 0.25) is 0 Å². The Hall–Kier alpha value is -2.59. The van der Waals surface area contributed by atoms with Gasteiger partial charge >= 0.3 is 6.03 Å². The number of sulfonamides is 1. The molecule has 0 saturated heterocycles. The van der Waals surface area contributed by atoms with Crippen LogP contribution in [0.3, 0.4) is 0 Å². The molecule has 0 spiro atoms. The molecule has 1 aromatic carbocycles. The highest BCUT2D eigenvalue weighted by Crippen LogP contribution is 2.33. The summed E-state index contributed by atoms with van der Waals surface area (Å²) in [6.07, 6.45) is 0. The van der Waals surface area contributed by atoms with Crippen LogP contribution in [0.25, 0.3) is 0 Å². The number of anilines is 2. The van der Waals surface area contributed by atoms with Gasteiger partial charge in [0, 0.05) is 0 Å². The molecule has 122 valence electrons. The van der Waals surface area contributed by atoms with E-state index in [9.17, 15) is 18.0 Å². The predicted molar refractivity (Wildman–Crippen MR) is 88.0 cm³/mol. The van der Waals surface area contributed by atoms with Crippen LogP contribution >= 0.6 is 11.3 Å². The zero-order valence-electron chi connectivity index (χ0n) is 12.0. The molecule has 0 radical (unpaired) electrons. The summed E-state index contributed by atoms with van der Waals surface area (Å²) in [5.74, 6) is -0.814. The lowest BCUT2D eigenvalue weighted by Crippen LogP contribution is -2.21.